The lowest BCUT2D eigenvalue weighted by atomic mass is 10.1. The van der Waals surface area contributed by atoms with Crippen LogP contribution in [-0.2, 0) is 38.2 Å². The van der Waals surface area contributed by atoms with E-state index in [-0.39, 0.29) is 33.1 Å². The molecule has 0 aromatic heterocycles. The Bertz CT molecular complexity index is 1010. The molecule has 14 heteroatoms. The average Bonchev–Trinajstić information content (AvgIpc) is 3.60. The van der Waals surface area contributed by atoms with Crippen molar-refractivity contribution in [3.8, 4) is 0 Å². The second-order valence-electron chi connectivity index (χ2n) is 11.9. The maximum atomic E-state index is 13.8. The van der Waals surface area contributed by atoms with Gasteiger partial charge in [-0.2, -0.15) is 0 Å². The number of rotatable bonds is 2. The number of primary amides is 1. The first-order valence-corrected chi connectivity index (χ1v) is 14.7. The largest absolute Gasteiger partial charge is 0.391 e. The van der Waals surface area contributed by atoms with Gasteiger partial charge in [0, 0.05) is 20.0 Å². The van der Waals surface area contributed by atoms with Gasteiger partial charge >= 0.3 is 0 Å². The number of hydrogen-bond donors (Lipinski definition) is 3. The van der Waals surface area contributed by atoms with E-state index in [1.165, 1.54) is 28.5 Å². The van der Waals surface area contributed by atoms with Gasteiger partial charge in [-0.25, -0.2) is 0 Å². The number of nitrogens with one attached hydrogen (secondary N) is 1. The van der Waals surface area contributed by atoms with Crippen LogP contribution in [0.5, 0.6) is 0 Å². The fourth-order valence-electron chi connectivity index (χ4n) is 5.79. The maximum Gasteiger partial charge on any atom is 0.248 e. The van der Waals surface area contributed by atoms with E-state index in [1.54, 1.807) is 6.92 Å². The molecular formula is C28H47N5O9. The van der Waals surface area contributed by atoms with E-state index in [9.17, 15) is 29.1 Å². The fourth-order valence-corrected chi connectivity index (χ4v) is 5.79. The van der Waals surface area contributed by atoms with Crippen molar-refractivity contribution in [3.05, 3.63) is 0 Å². The van der Waals surface area contributed by atoms with Crippen LogP contribution in [0.4, 0.5) is 0 Å². The molecule has 3 aliphatic rings. The van der Waals surface area contributed by atoms with Crippen molar-refractivity contribution in [2.45, 2.75) is 109 Å². The Morgan fingerprint density at radius 3 is 2.24 bits per heavy atom. The number of fused-ring (bicyclic) bond motifs is 2. The van der Waals surface area contributed by atoms with Crippen molar-refractivity contribution in [1.29, 1.82) is 0 Å². The minimum atomic E-state index is -1.26. The van der Waals surface area contributed by atoms with Gasteiger partial charge in [0.05, 0.1) is 37.6 Å². The van der Waals surface area contributed by atoms with Gasteiger partial charge in [0.1, 0.15) is 30.9 Å². The Morgan fingerprint density at radius 2 is 1.64 bits per heavy atom. The molecule has 3 rings (SSSR count). The van der Waals surface area contributed by atoms with Gasteiger partial charge < -0.3 is 45.1 Å². The zero-order valence-electron chi connectivity index (χ0n) is 25.4. The lowest BCUT2D eigenvalue weighted by Gasteiger charge is -2.37. The first-order valence-electron chi connectivity index (χ1n) is 14.7. The molecular weight excluding hydrogens is 550 g/mol. The molecule has 3 fully saturated rings. The molecule has 0 spiro atoms. The summed E-state index contributed by atoms with van der Waals surface area (Å²) in [5.74, 6) is -2.71. The van der Waals surface area contributed by atoms with Gasteiger partial charge in [-0.1, -0.05) is 0 Å². The molecule has 6 atom stereocenters. The Hall–Kier alpha value is -2.81. The van der Waals surface area contributed by atoms with E-state index < -0.39 is 71.5 Å². The number of aliphatic hydroxyl groups excluding tert-OH is 1. The number of hydrogen-bond acceptors (Lipinski definition) is 9. The molecule has 3 saturated heterocycles. The molecule has 0 radical (unpaired) electrons. The van der Waals surface area contributed by atoms with Crippen LogP contribution in [0.3, 0.4) is 0 Å². The molecule has 42 heavy (non-hydrogen) atoms. The van der Waals surface area contributed by atoms with E-state index in [0.29, 0.717) is 38.6 Å². The van der Waals surface area contributed by atoms with Gasteiger partial charge in [-0.15, -0.1) is 0 Å². The van der Waals surface area contributed by atoms with Gasteiger partial charge in [0.2, 0.25) is 29.5 Å². The summed E-state index contributed by atoms with van der Waals surface area (Å²) >= 11 is 0. The van der Waals surface area contributed by atoms with E-state index in [2.05, 4.69) is 5.32 Å². The van der Waals surface area contributed by atoms with Crippen molar-refractivity contribution in [3.63, 3.8) is 0 Å². The Kier molecular flexibility index (Phi) is 11.7. The topological polar surface area (TPSA) is 181 Å². The lowest BCUT2D eigenvalue weighted by molar-refractivity contribution is -0.159. The third-order valence-corrected chi connectivity index (χ3v) is 8.22. The Balaban J connectivity index is 1.92. The predicted octanol–water partition coefficient (Wildman–Crippen LogP) is -0.885. The molecule has 0 unspecified atom stereocenters. The van der Waals surface area contributed by atoms with E-state index in [4.69, 9.17) is 19.9 Å². The number of carbonyl (C=O) groups excluding carboxylic acids is 5. The quantitative estimate of drug-likeness (QED) is 0.364. The molecule has 4 N–H and O–H groups in total. The highest BCUT2D eigenvalue weighted by Crippen LogP contribution is 2.27. The number of carbonyl (C=O) groups is 5. The summed E-state index contributed by atoms with van der Waals surface area (Å²) in [5, 5.41) is 13.3. The predicted molar refractivity (Wildman–Crippen MR) is 149 cm³/mol. The number of nitrogens with zero attached hydrogens (tertiary/aromatic N) is 3. The van der Waals surface area contributed by atoms with E-state index in [1.807, 2.05) is 13.8 Å². The standard InChI is InChI=1S/C28H47N5O9/c1-17(34)23-27(39)32-12-7-9-21(32)26(38)31-11-6-8-20(31)25(37)30-22(24(29)36)18(2)41-14-15-42-28(4,5)10-13-40-16-33(23)19(3)35/h17-18,20-23,34H,6-16H2,1-5H3,(H2,29,36)(H,30,37)/t17-,18-,20+,21+,22+,23+/m1/s1. The van der Waals surface area contributed by atoms with E-state index >= 15 is 0 Å². The van der Waals surface area contributed by atoms with Crippen LogP contribution in [-0.4, -0.2) is 131 Å². The highest BCUT2D eigenvalue weighted by atomic mass is 16.5. The Labute approximate surface area is 247 Å². The number of amides is 5. The summed E-state index contributed by atoms with van der Waals surface area (Å²) in [6.45, 7) is 8.93. The van der Waals surface area contributed by atoms with Crippen LogP contribution in [0.25, 0.3) is 0 Å². The highest BCUT2D eigenvalue weighted by Gasteiger charge is 2.46. The first-order chi connectivity index (χ1) is 19.7. The monoisotopic (exact) mass is 597 g/mol. The number of aliphatic hydroxyl groups is 1. The van der Waals surface area contributed by atoms with E-state index in [0.717, 1.165) is 0 Å². The van der Waals surface area contributed by atoms with Crippen LogP contribution in [0.15, 0.2) is 0 Å². The molecule has 5 amide bonds. The number of nitrogens with two attached hydrogens (primary N) is 1. The summed E-state index contributed by atoms with van der Waals surface area (Å²) in [4.78, 5) is 69.9. The molecule has 0 aliphatic carbocycles. The molecule has 3 heterocycles. The Morgan fingerprint density at radius 1 is 1.02 bits per heavy atom. The van der Waals surface area contributed by atoms with Crippen LogP contribution < -0.4 is 11.1 Å². The van der Waals surface area contributed by atoms with Gasteiger partial charge in [-0.05, 0) is 59.8 Å². The summed E-state index contributed by atoms with van der Waals surface area (Å²) in [6, 6.07) is -4.10. The van der Waals surface area contributed by atoms with Crippen molar-refractivity contribution < 1.29 is 43.3 Å². The summed E-state index contributed by atoms with van der Waals surface area (Å²) < 4.78 is 17.5. The molecule has 0 aromatic rings. The average molecular weight is 598 g/mol. The SMILES string of the molecule is CC(=O)N1COCCC(C)(C)OCCO[C@H](C)[C@@H](C(N)=O)NC(=O)[C@@H]2CCCN2C(=O)[C@@H]2CCCN2C(=O)[C@@H]1[C@@H](C)O. The van der Waals surface area contributed by atoms with Crippen LogP contribution in [0.2, 0.25) is 0 Å². The van der Waals surface area contributed by atoms with Crippen molar-refractivity contribution in [2.24, 2.45) is 5.73 Å². The van der Waals surface area contributed by atoms with Gasteiger partial charge in [0.15, 0.2) is 0 Å². The van der Waals surface area contributed by atoms with Crippen molar-refractivity contribution in [2.75, 3.05) is 39.6 Å². The molecule has 3 aliphatic heterocycles. The zero-order valence-corrected chi connectivity index (χ0v) is 25.4. The van der Waals surface area contributed by atoms with Crippen LogP contribution in [0.1, 0.15) is 66.7 Å². The minimum Gasteiger partial charge on any atom is -0.391 e. The minimum absolute atomic E-state index is 0.132. The zero-order chi connectivity index (χ0) is 31.2. The fraction of sp³-hybridized carbons (Fsp3) is 0.821. The first kappa shape index (κ1) is 33.7. The molecule has 0 saturated carbocycles. The third-order valence-electron chi connectivity index (χ3n) is 8.22. The highest BCUT2D eigenvalue weighted by molar-refractivity contribution is 5.96. The second kappa shape index (κ2) is 14.6. The van der Waals surface area contributed by atoms with Gasteiger partial charge in [0.25, 0.3) is 0 Å². The van der Waals surface area contributed by atoms with Crippen LogP contribution >= 0.6 is 0 Å². The van der Waals surface area contributed by atoms with Crippen molar-refractivity contribution in [1.82, 2.24) is 20.0 Å². The van der Waals surface area contributed by atoms with Gasteiger partial charge in [-0.3, -0.25) is 24.0 Å². The normalized spacial score (nSPS) is 31.5. The van der Waals surface area contributed by atoms with Crippen LogP contribution in [0, 0.1) is 0 Å². The summed E-state index contributed by atoms with van der Waals surface area (Å²) in [6.07, 6.45) is 0.331. The molecule has 0 aromatic carbocycles. The lowest BCUT2D eigenvalue weighted by Crippen LogP contribution is -2.60. The smallest absolute Gasteiger partial charge is 0.248 e. The van der Waals surface area contributed by atoms with Crippen molar-refractivity contribution >= 4 is 29.5 Å². The number of ether oxygens (including phenoxy) is 3. The third kappa shape index (κ3) is 8.17. The molecule has 0 bridgehead atoms. The second-order valence-corrected chi connectivity index (χ2v) is 11.9. The summed E-state index contributed by atoms with van der Waals surface area (Å²) in [5.41, 5.74) is 4.97. The maximum absolute atomic E-state index is 13.8. The summed E-state index contributed by atoms with van der Waals surface area (Å²) in [7, 11) is 0. The molecule has 14 nitrogen and oxygen atoms in total. The molecule has 238 valence electrons.